The maximum Gasteiger partial charge on any atom is 0.155 e. The number of hydrogen-bond acceptors (Lipinski definition) is 2. The Hall–Kier alpha value is -1.10. The van der Waals surface area contributed by atoms with Crippen LogP contribution < -0.4 is 0 Å². The second-order valence-corrected chi connectivity index (χ2v) is 8.85. The normalized spacial score (nSPS) is 48.7. The molecule has 2 heteroatoms. The molecule has 2 nitrogen and oxygen atoms in total. The van der Waals surface area contributed by atoms with Crippen molar-refractivity contribution in [2.75, 3.05) is 0 Å². The first-order chi connectivity index (χ1) is 11.1. The fourth-order valence-corrected chi connectivity index (χ4v) is 7.01. The third-order valence-electron chi connectivity index (χ3n) is 8.15. The average Bonchev–Trinajstić information content (AvgIpc) is 2.89. The molecule has 0 aromatic carbocycles. The Bertz CT molecular complexity index is 585. The summed E-state index contributed by atoms with van der Waals surface area (Å²) in [5.41, 5.74) is 1.74. The summed E-state index contributed by atoms with van der Waals surface area (Å²) in [4.78, 5) is 11.9. The van der Waals surface area contributed by atoms with Crippen LogP contribution in [0.1, 0.15) is 65.2 Å². The van der Waals surface area contributed by atoms with Crippen LogP contribution in [0.3, 0.4) is 0 Å². The van der Waals surface area contributed by atoms with Crippen molar-refractivity contribution in [1.82, 2.24) is 0 Å². The number of fused-ring (bicyclic) bond motifs is 5. The Morgan fingerprint density at radius 1 is 1.30 bits per heavy atom. The minimum Gasteiger partial charge on any atom is -0.295 e. The van der Waals surface area contributed by atoms with Gasteiger partial charge >= 0.3 is 0 Å². The molecule has 0 heterocycles. The zero-order valence-electron chi connectivity index (χ0n) is 14.6. The summed E-state index contributed by atoms with van der Waals surface area (Å²) in [6.07, 6.45) is 11.1. The molecule has 0 radical (unpaired) electrons. The minimum absolute atomic E-state index is 0.259. The second-order valence-electron chi connectivity index (χ2n) is 8.85. The summed E-state index contributed by atoms with van der Waals surface area (Å²) in [5, 5.41) is 9.61. The number of hydrogen-bond donors (Lipinski definition) is 0. The van der Waals surface area contributed by atoms with Crippen molar-refractivity contribution in [2.24, 2.45) is 40.9 Å². The Kier molecular flexibility index (Phi) is 3.67. The number of carbonyl (C=O) groups is 1. The number of carbonyl (C=O) groups excluding carboxylic acids is 1. The summed E-state index contributed by atoms with van der Waals surface area (Å²) in [6, 6.07) is 2.64. The van der Waals surface area contributed by atoms with Crippen LogP contribution in [0, 0.1) is 52.3 Å². The molecule has 4 rings (SSSR count). The Labute approximate surface area is 140 Å². The first kappa shape index (κ1) is 15.4. The van der Waals surface area contributed by atoms with Gasteiger partial charge in [0.1, 0.15) is 0 Å². The molecule has 23 heavy (non-hydrogen) atoms. The molecule has 4 aliphatic carbocycles. The predicted octanol–water partition coefficient (Wildman–Crippen LogP) is 4.90. The lowest BCUT2D eigenvalue weighted by Crippen LogP contribution is -2.49. The smallest absolute Gasteiger partial charge is 0.155 e. The van der Waals surface area contributed by atoms with Crippen molar-refractivity contribution < 1.29 is 4.79 Å². The van der Waals surface area contributed by atoms with E-state index in [0.29, 0.717) is 11.7 Å². The van der Waals surface area contributed by atoms with E-state index in [-0.39, 0.29) is 11.3 Å². The molecule has 0 N–H and O–H groups in total. The van der Waals surface area contributed by atoms with Crippen molar-refractivity contribution in [1.29, 1.82) is 5.26 Å². The van der Waals surface area contributed by atoms with Crippen LogP contribution in [0.15, 0.2) is 11.6 Å². The van der Waals surface area contributed by atoms with Gasteiger partial charge in [-0.3, -0.25) is 4.79 Å². The monoisotopic (exact) mass is 311 g/mol. The largest absolute Gasteiger partial charge is 0.295 e. The van der Waals surface area contributed by atoms with Gasteiger partial charge in [0, 0.05) is 6.42 Å². The first-order valence-corrected chi connectivity index (χ1v) is 9.71. The molecule has 124 valence electrons. The maximum atomic E-state index is 11.9. The molecule has 0 unspecified atom stereocenters. The Morgan fingerprint density at radius 2 is 2.13 bits per heavy atom. The molecule has 4 aliphatic rings. The topological polar surface area (TPSA) is 40.9 Å². The highest BCUT2D eigenvalue weighted by atomic mass is 16.1. The lowest BCUT2D eigenvalue weighted by Gasteiger charge is -2.56. The van der Waals surface area contributed by atoms with Gasteiger partial charge in [0.05, 0.1) is 12.0 Å². The van der Waals surface area contributed by atoms with Gasteiger partial charge in [0.2, 0.25) is 0 Å². The lowest BCUT2D eigenvalue weighted by atomic mass is 9.48. The Morgan fingerprint density at radius 3 is 2.87 bits per heavy atom. The van der Waals surface area contributed by atoms with E-state index in [0.717, 1.165) is 49.4 Å². The van der Waals surface area contributed by atoms with Gasteiger partial charge in [0.15, 0.2) is 5.78 Å². The molecule has 0 saturated heterocycles. The van der Waals surface area contributed by atoms with Crippen molar-refractivity contribution in [3.05, 3.63) is 11.6 Å². The van der Waals surface area contributed by atoms with E-state index in [1.165, 1.54) is 31.3 Å². The molecule has 0 aliphatic heterocycles. The predicted molar refractivity (Wildman–Crippen MR) is 90.4 cm³/mol. The van der Waals surface area contributed by atoms with Crippen molar-refractivity contribution in [2.45, 2.75) is 65.2 Å². The third kappa shape index (κ3) is 2.15. The summed E-state index contributed by atoms with van der Waals surface area (Å²) < 4.78 is 0. The molecule has 7 atom stereocenters. The minimum atomic E-state index is 0.259. The van der Waals surface area contributed by atoms with Gasteiger partial charge in [-0.15, -0.1) is 0 Å². The highest BCUT2D eigenvalue weighted by Gasteiger charge is 2.58. The Balaban J connectivity index is 1.70. The van der Waals surface area contributed by atoms with Gasteiger partial charge in [-0.1, -0.05) is 25.8 Å². The van der Waals surface area contributed by atoms with Crippen molar-refractivity contribution in [3.8, 4) is 6.07 Å². The fourth-order valence-electron chi connectivity index (χ4n) is 7.01. The van der Waals surface area contributed by atoms with Crippen LogP contribution >= 0.6 is 0 Å². The van der Waals surface area contributed by atoms with Gasteiger partial charge in [0.25, 0.3) is 0 Å². The van der Waals surface area contributed by atoms with E-state index < -0.39 is 0 Å². The van der Waals surface area contributed by atoms with Crippen LogP contribution in [-0.2, 0) is 4.79 Å². The van der Waals surface area contributed by atoms with Gasteiger partial charge in [-0.2, -0.15) is 5.26 Å². The van der Waals surface area contributed by atoms with Crippen LogP contribution in [0.2, 0.25) is 0 Å². The summed E-state index contributed by atoms with van der Waals surface area (Å²) in [7, 11) is 0. The fraction of sp³-hybridized carbons (Fsp3) is 0.810. The second kappa shape index (κ2) is 5.47. The zero-order valence-corrected chi connectivity index (χ0v) is 14.6. The molecule has 0 spiro atoms. The molecule has 0 aromatic rings. The molecule has 3 fully saturated rings. The van der Waals surface area contributed by atoms with E-state index in [1.54, 1.807) is 0 Å². The van der Waals surface area contributed by atoms with E-state index in [4.69, 9.17) is 0 Å². The van der Waals surface area contributed by atoms with Crippen LogP contribution in [0.4, 0.5) is 0 Å². The van der Waals surface area contributed by atoms with Gasteiger partial charge in [-0.05, 0) is 79.6 Å². The number of allylic oxidation sites excluding steroid dienone is 1. The molecule has 0 bridgehead atoms. The average molecular weight is 311 g/mol. The van der Waals surface area contributed by atoms with Crippen LogP contribution in [-0.4, -0.2) is 5.78 Å². The van der Waals surface area contributed by atoms with E-state index in [9.17, 15) is 10.1 Å². The van der Waals surface area contributed by atoms with Gasteiger partial charge in [-0.25, -0.2) is 0 Å². The first-order valence-electron chi connectivity index (χ1n) is 9.71. The third-order valence-corrected chi connectivity index (χ3v) is 8.15. The summed E-state index contributed by atoms with van der Waals surface area (Å²) in [5.74, 6) is 4.36. The van der Waals surface area contributed by atoms with Gasteiger partial charge < -0.3 is 0 Å². The van der Waals surface area contributed by atoms with Crippen LogP contribution in [0.25, 0.3) is 0 Å². The molecule has 0 amide bonds. The van der Waals surface area contributed by atoms with E-state index >= 15 is 0 Å². The van der Waals surface area contributed by atoms with E-state index in [1.807, 2.05) is 6.08 Å². The number of ketones is 1. The SMILES string of the molecule is CC[C@@H]1CC2=CC(=O)CC[C@@H]2[C@H]2CC[C@]3(C)[C@@H](C#N)CC[C@H]3[C@H]12. The zero-order chi connectivity index (χ0) is 16.2. The standard InChI is InChI=1S/C21H29NO/c1-3-13-10-14-11-16(23)5-6-17(14)18-8-9-21(2)15(12-22)4-7-19(21)20(13)18/h11,13,15,17-20H,3-10H2,1-2H3/t13-,15-,17+,18-,19+,20-,21-/m1/s1. The quantitative estimate of drug-likeness (QED) is 0.690. The summed E-state index contributed by atoms with van der Waals surface area (Å²) >= 11 is 0. The highest BCUT2D eigenvalue weighted by molar-refractivity contribution is 5.91. The lowest BCUT2D eigenvalue weighted by molar-refractivity contribution is -0.116. The van der Waals surface area contributed by atoms with Crippen LogP contribution in [0.5, 0.6) is 0 Å². The number of nitrogens with zero attached hydrogens (tertiary/aromatic N) is 1. The number of nitriles is 1. The highest BCUT2D eigenvalue weighted by Crippen LogP contribution is 2.65. The number of rotatable bonds is 1. The van der Waals surface area contributed by atoms with Crippen molar-refractivity contribution >= 4 is 5.78 Å². The van der Waals surface area contributed by atoms with E-state index in [2.05, 4.69) is 19.9 Å². The molecule has 3 saturated carbocycles. The van der Waals surface area contributed by atoms with Crippen molar-refractivity contribution in [3.63, 3.8) is 0 Å². The molecular weight excluding hydrogens is 282 g/mol. The maximum absolute atomic E-state index is 11.9. The molecule has 0 aromatic heterocycles. The molecular formula is C21H29NO. The summed E-state index contributed by atoms with van der Waals surface area (Å²) in [6.45, 7) is 4.74.